The summed E-state index contributed by atoms with van der Waals surface area (Å²) in [6.07, 6.45) is 0. The van der Waals surface area contributed by atoms with Crippen LogP contribution in [0.2, 0.25) is 0 Å². The average Bonchev–Trinajstić information content (AvgIpc) is 2.78. The molecule has 0 heterocycles. The van der Waals surface area contributed by atoms with Crippen molar-refractivity contribution in [2.45, 2.75) is 5.60 Å². The first-order valence-corrected chi connectivity index (χ1v) is 9.81. The van der Waals surface area contributed by atoms with Gasteiger partial charge in [0, 0.05) is 15.7 Å². The van der Waals surface area contributed by atoms with Crippen molar-refractivity contribution < 1.29 is 19.4 Å². The van der Waals surface area contributed by atoms with E-state index in [0.717, 1.165) is 10.2 Å². The number of carbonyl (C=O) groups is 1. The predicted molar refractivity (Wildman–Crippen MR) is 117 cm³/mol. The molecule has 3 aromatic carbocycles. The highest BCUT2D eigenvalue weighted by molar-refractivity contribution is 9.10. The molecule has 29 heavy (non-hydrogen) atoms. The van der Waals surface area contributed by atoms with E-state index in [2.05, 4.69) is 21.2 Å². The minimum atomic E-state index is -1.77. The third-order valence-electron chi connectivity index (χ3n) is 4.69. The Morgan fingerprint density at radius 2 is 1.41 bits per heavy atom. The first-order chi connectivity index (χ1) is 14.0. The number of Topliss-reactive ketones (excluding diaryl/α,β-unsaturated/α-hetero) is 1. The molecule has 6 heteroatoms. The third-order valence-corrected chi connectivity index (χ3v) is 5.22. The standard InChI is InChI=1S/C23H22BrNO4/c1-28-20-11-3-16(4-12-20)22(26)23(27,17-5-13-21(29-2)14-6-17)15-25-19-9-7-18(24)8-10-19/h3-14,25,27H,15H2,1-2H3/t23-/m1/s1. The van der Waals surface area contributed by atoms with E-state index in [0.29, 0.717) is 22.6 Å². The maximum Gasteiger partial charge on any atom is 0.200 e. The summed E-state index contributed by atoms with van der Waals surface area (Å²) >= 11 is 3.40. The van der Waals surface area contributed by atoms with Crippen molar-refractivity contribution in [2.75, 3.05) is 26.1 Å². The van der Waals surface area contributed by atoms with Gasteiger partial charge in [0.05, 0.1) is 20.8 Å². The molecule has 2 N–H and O–H groups in total. The molecule has 3 aromatic rings. The molecule has 0 aliphatic rings. The van der Waals surface area contributed by atoms with Crippen molar-refractivity contribution in [1.82, 2.24) is 0 Å². The second kappa shape index (κ2) is 9.11. The topological polar surface area (TPSA) is 67.8 Å². The first-order valence-electron chi connectivity index (χ1n) is 9.01. The molecule has 0 saturated heterocycles. The number of rotatable bonds is 8. The summed E-state index contributed by atoms with van der Waals surface area (Å²) < 4.78 is 11.3. The smallest absolute Gasteiger partial charge is 0.200 e. The molecule has 0 aliphatic heterocycles. The fraction of sp³-hybridized carbons (Fsp3) is 0.174. The Balaban J connectivity index is 1.94. The first kappa shape index (κ1) is 20.9. The lowest BCUT2D eigenvalue weighted by molar-refractivity contribution is 0.0364. The van der Waals surface area contributed by atoms with Gasteiger partial charge in [-0.25, -0.2) is 0 Å². The van der Waals surface area contributed by atoms with E-state index in [1.165, 1.54) is 0 Å². The van der Waals surface area contributed by atoms with Crippen molar-refractivity contribution in [3.8, 4) is 11.5 Å². The Labute approximate surface area is 178 Å². The van der Waals surface area contributed by atoms with Crippen LogP contribution in [-0.4, -0.2) is 31.7 Å². The molecular weight excluding hydrogens is 434 g/mol. The van der Waals surface area contributed by atoms with E-state index >= 15 is 0 Å². The van der Waals surface area contributed by atoms with Crippen LogP contribution in [0.1, 0.15) is 15.9 Å². The molecule has 0 radical (unpaired) electrons. The van der Waals surface area contributed by atoms with Crippen LogP contribution in [0.4, 0.5) is 5.69 Å². The number of benzene rings is 3. The number of ether oxygens (including phenoxy) is 2. The quantitative estimate of drug-likeness (QED) is 0.483. The highest BCUT2D eigenvalue weighted by Crippen LogP contribution is 2.29. The Hall–Kier alpha value is -2.83. The van der Waals surface area contributed by atoms with Crippen molar-refractivity contribution >= 4 is 27.4 Å². The molecule has 0 amide bonds. The Morgan fingerprint density at radius 1 is 0.897 bits per heavy atom. The van der Waals surface area contributed by atoms with Crippen LogP contribution in [0.3, 0.4) is 0 Å². The van der Waals surface area contributed by atoms with Gasteiger partial charge in [0.25, 0.3) is 0 Å². The molecule has 3 rings (SSSR count). The summed E-state index contributed by atoms with van der Waals surface area (Å²) in [4.78, 5) is 13.3. The average molecular weight is 456 g/mol. The van der Waals surface area contributed by atoms with Crippen LogP contribution in [0.15, 0.2) is 77.3 Å². The summed E-state index contributed by atoms with van der Waals surface area (Å²) in [5, 5.41) is 14.7. The van der Waals surface area contributed by atoms with E-state index in [1.54, 1.807) is 62.8 Å². The van der Waals surface area contributed by atoms with Gasteiger partial charge in [-0.2, -0.15) is 0 Å². The van der Waals surface area contributed by atoms with Crippen LogP contribution in [-0.2, 0) is 5.60 Å². The molecule has 0 aromatic heterocycles. The van der Waals surface area contributed by atoms with Gasteiger partial charge in [-0.3, -0.25) is 4.79 Å². The fourth-order valence-corrected chi connectivity index (χ4v) is 3.22. The summed E-state index contributed by atoms with van der Waals surface area (Å²) in [7, 11) is 3.13. The zero-order valence-corrected chi connectivity index (χ0v) is 17.8. The zero-order valence-electron chi connectivity index (χ0n) is 16.2. The van der Waals surface area contributed by atoms with Crippen LogP contribution < -0.4 is 14.8 Å². The number of anilines is 1. The van der Waals surface area contributed by atoms with E-state index < -0.39 is 11.4 Å². The third kappa shape index (κ3) is 4.78. The van der Waals surface area contributed by atoms with Crippen LogP contribution in [0.5, 0.6) is 11.5 Å². The second-order valence-corrected chi connectivity index (χ2v) is 7.42. The van der Waals surface area contributed by atoms with Gasteiger partial charge in [0.15, 0.2) is 5.60 Å². The largest absolute Gasteiger partial charge is 0.497 e. The molecule has 0 fully saturated rings. The fourth-order valence-electron chi connectivity index (χ4n) is 2.96. The van der Waals surface area contributed by atoms with E-state index in [9.17, 15) is 9.90 Å². The molecule has 0 spiro atoms. The number of aliphatic hydroxyl groups is 1. The van der Waals surface area contributed by atoms with Crippen LogP contribution in [0, 0.1) is 0 Å². The zero-order chi connectivity index (χ0) is 20.9. The highest BCUT2D eigenvalue weighted by atomic mass is 79.9. The Morgan fingerprint density at radius 3 is 1.93 bits per heavy atom. The molecule has 5 nitrogen and oxygen atoms in total. The second-order valence-electron chi connectivity index (χ2n) is 6.51. The maximum absolute atomic E-state index is 13.3. The number of hydrogen-bond acceptors (Lipinski definition) is 5. The van der Waals surface area contributed by atoms with Gasteiger partial charge in [0.1, 0.15) is 11.5 Å². The molecule has 0 unspecified atom stereocenters. The minimum absolute atomic E-state index is 0.00578. The number of halogens is 1. The molecule has 0 aliphatic carbocycles. The monoisotopic (exact) mass is 455 g/mol. The summed E-state index contributed by atoms with van der Waals surface area (Å²) in [5.41, 5.74) is -0.110. The lowest BCUT2D eigenvalue weighted by atomic mass is 9.85. The van der Waals surface area contributed by atoms with E-state index in [1.807, 2.05) is 24.3 Å². The number of hydrogen-bond donors (Lipinski definition) is 2. The van der Waals surface area contributed by atoms with Crippen molar-refractivity contribution in [3.05, 3.63) is 88.4 Å². The number of nitrogens with one attached hydrogen (secondary N) is 1. The Bertz CT molecular complexity index is 956. The van der Waals surface area contributed by atoms with Gasteiger partial charge in [-0.1, -0.05) is 28.1 Å². The summed E-state index contributed by atoms with van der Waals surface area (Å²) in [6, 6.07) is 21.1. The lowest BCUT2D eigenvalue weighted by Gasteiger charge is -2.28. The SMILES string of the molecule is COc1ccc(C(=O)[C@@](O)(CNc2ccc(Br)cc2)c2ccc(OC)cc2)cc1. The molecular formula is C23H22BrNO4. The summed E-state index contributed by atoms with van der Waals surface area (Å²) in [5.74, 6) is 0.881. The Kier molecular flexibility index (Phi) is 6.56. The predicted octanol–water partition coefficient (Wildman–Crippen LogP) is 4.65. The molecule has 150 valence electrons. The highest BCUT2D eigenvalue weighted by Gasteiger charge is 2.38. The van der Waals surface area contributed by atoms with E-state index in [-0.39, 0.29) is 6.54 Å². The van der Waals surface area contributed by atoms with Gasteiger partial charge < -0.3 is 19.9 Å². The lowest BCUT2D eigenvalue weighted by Crippen LogP contribution is -2.42. The normalized spacial score (nSPS) is 12.7. The van der Waals surface area contributed by atoms with Crippen molar-refractivity contribution in [3.63, 3.8) is 0 Å². The van der Waals surface area contributed by atoms with Gasteiger partial charge >= 0.3 is 0 Å². The number of methoxy groups -OCH3 is 2. The maximum atomic E-state index is 13.3. The van der Waals surface area contributed by atoms with E-state index in [4.69, 9.17) is 9.47 Å². The molecule has 0 bridgehead atoms. The molecule has 1 atom stereocenters. The van der Waals surface area contributed by atoms with Gasteiger partial charge in [0.2, 0.25) is 5.78 Å². The van der Waals surface area contributed by atoms with Crippen LogP contribution in [0.25, 0.3) is 0 Å². The van der Waals surface area contributed by atoms with Crippen molar-refractivity contribution in [1.29, 1.82) is 0 Å². The number of carbonyl (C=O) groups excluding carboxylic acids is 1. The summed E-state index contributed by atoms with van der Waals surface area (Å²) in [6.45, 7) is 0.00578. The van der Waals surface area contributed by atoms with Gasteiger partial charge in [-0.15, -0.1) is 0 Å². The van der Waals surface area contributed by atoms with Crippen molar-refractivity contribution in [2.24, 2.45) is 0 Å². The minimum Gasteiger partial charge on any atom is -0.497 e. The van der Waals surface area contributed by atoms with Gasteiger partial charge in [-0.05, 0) is 66.2 Å². The van der Waals surface area contributed by atoms with Crippen LogP contribution >= 0.6 is 15.9 Å². The number of ketones is 1. The molecule has 0 saturated carbocycles.